The minimum Gasteiger partial charge on any atom is -0.505 e. The van der Waals surface area contributed by atoms with Crippen LogP contribution in [0.15, 0.2) is 72.3 Å². The van der Waals surface area contributed by atoms with Crippen molar-refractivity contribution in [1.82, 2.24) is 0 Å². The lowest BCUT2D eigenvalue weighted by Crippen LogP contribution is -2.12. The standard InChI is InChI=1S/C23H25FO3/c1-16(2)20(12-13-25)22(26)11-9-19(18-6-4-3-5-7-18)14-17-8-10-23(27)21(24)15-17/h3-8,10,12,14-15,22,25-27H,1,9,11,13H2,2H3/b19-14-,20-12-. The molecule has 0 spiro atoms. The molecule has 0 bridgehead atoms. The molecule has 4 heteroatoms. The van der Waals surface area contributed by atoms with Crippen molar-refractivity contribution in [3.63, 3.8) is 0 Å². The van der Waals surface area contributed by atoms with E-state index in [0.717, 1.165) is 11.1 Å². The molecule has 0 fully saturated rings. The van der Waals surface area contributed by atoms with Gasteiger partial charge in [-0.25, -0.2) is 4.39 Å². The van der Waals surface area contributed by atoms with Crippen LogP contribution in [-0.2, 0) is 0 Å². The van der Waals surface area contributed by atoms with Crippen LogP contribution in [0.2, 0.25) is 0 Å². The Labute approximate surface area is 159 Å². The molecule has 2 aromatic rings. The normalized spacial score (nSPS) is 13.5. The number of phenolic OH excluding ortho intramolecular Hbond substituents is 1. The second kappa shape index (κ2) is 9.86. The summed E-state index contributed by atoms with van der Waals surface area (Å²) in [6.07, 6.45) is 3.64. The third-order valence-electron chi connectivity index (χ3n) is 4.31. The van der Waals surface area contributed by atoms with Crippen molar-refractivity contribution >= 4 is 11.6 Å². The van der Waals surface area contributed by atoms with Crippen molar-refractivity contribution in [2.75, 3.05) is 6.61 Å². The minimum absolute atomic E-state index is 0.159. The molecule has 1 unspecified atom stereocenters. The van der Waals surface area contributed by atoms with Gasteiger partial charge < -0.3 is 15.3 Å². The summed E-state index contributed by atoms with van der Waals surface area (Å²) in [5.74, 6) is -1.06. The van der Waals surface area contributed by atoms with E-state index in [-0.39, 0.29) is 12.4 Å². The summed E-state index contributed by atoms with van der Waals surface area (Å²) in [6, 6.07) is 13.9. The highest BCUT2D eigenvalue weighted by atomic mass is 19.1. The largest absolute Gasteiger partial charge is 0.505 e. The zero-order chi connectivity index (χ0) is 19.8. The molecular formula is C23H25FO3. The van der Waals surface area contributed by atoms with Crippen LogP contribution in [0.1, 0.15) is 30.9 Å². The maximum Gasteiger partial charge on any atom is 0.165 e. The molecule has 0 saturated heterocycles. The molecule has 142 valence electrons. The first-order chi connectivity index (χ1) is 12.9. The molecule has 0 saturated carbocycles. The predicted octanol–water partition coefficient (Wildman–Crippen LogP) is 4.71. The summed E-state index contributed by atoms with van der Waals surface area (Å²) in [5.41, 5.74) is 3.87. The van der Waals surface area contributed by atoms with E-state index in [4.69, 9.17) is 5.11 Å². The Bertz CT molecular complexity index is 838. The van der Waals surface area contributed by atoms with Gasteiger partial charge in [0.1, 0.15) is 0 Å². The summed E-state index contributed by atoms with van der Waals surface area (Å²) in [6.45, 7) is 5.48. The highest BCUT2D eigenvalue weighted by Gasteiger charge is 2.13. The number of hydrogen-bond acceptors (Lipinski definition) is 3. The molecule has 0 heterocycles. The van der Waals surface area contributed by atoms with Gasteiger partial charge in [-0.1, -0.05) is 60.7 Å². The molecule has 3 N–H and O–H groups in total. The van der Waals surface area contributed by atoms with Crippen LogP contribution < -0.4 is 0 Å². The lowest BCUT2D eigenvalue weighted by Gasteiger charge is -2.17. The van der Waals surface area contributed by atoms with E-state index >= 15 is 0 Å². The molecule has 0 aromatic heterocycles. The van der Waals surface area contributed by atoms with Gasteiger partial charge in [-0.05, 0) is 54.2 Å². The maximum atomic E-state index is 13.7. The first kappa shape index (κ1) is 20.6. The number of aliphatic hydroxyl groups is 2. The van der Waals surface area contributed by atoms with Gasteiger partial charge in [0.05, 0.1) is 12.7 Å². The molecule has 2 rings (SSSR count). The average molecular weight is 368 g/mol. The van der Waals surface area contributed by atoms with E-state index in [1.807, 2.05) is 36.4 Å². The van der Waals surface area contributed by atoms with E-state index < -0.39 is 11.9 Å². The van der Waals surface area contributed by atoms with Crippen molar-refractivity contribution in [2.24, 2.45) is 0 Å². The summed E-state index contributed by atoms with van der Waals surface area (Å²) >= 11 is 0. The van der Waals surface area contributed by atoms with Gasteiger partial charge >= 0.3 is 0 Å². The predicted molar refractivity (Wildman–Crippen MR) is 108 cm³/mol. The molecule has 0 amide bonds. The number of hydrogen-bond donors (Lipinski definition) is 3. The smallest absolute Gasteiger partial charge is 0.165 e. The monoisotopic (exact) mass is 368 g/mol. The van der Waals surface area contributed by atoms with Gasteiger partial charge in [-0.3, -0.25) is 0 Å². The SMILES string of the molecule is C=C(C)/C(=C/CO)C(O)CC/C(=C/c1ccc(O)c(F)c1)c1ccccc1. The molecule has 1 atom stereocenters. The van der Waals surface area contributed by atoms with Crippen molar-refractivity contribution in [3.8, 4) is 5.75 Å². The third-order valence-corrected chi connectivity index (χ3v) is 4.31. The van der Waals surface area contributed by atoms with Gasteiger partial charge in [0, 0.05) is 0 Å². The third kappa shape index (κ3) is 5.91. The number of aliphatic hydroxyl groups excluding tert-OH is 2. The Hall–Kier alpha value is -2.69. The quantitative estimate of drug-likeness (QED) is 0.467. The fourth-order valence-electron chi connectivity index (χ4n) is 2.91. The summed E-state index contributed by atoms with van der Waals surface area (Å²) in [4.78, 5) is 0. The number of benzene rings is 2. The molecule has 27 heavy (non-hydrogen) atoms. The Kier molecular flexibility index (Phi) is 7.53. The fourth-order valence-corrected chi connectivity index (χ4v) is 2.91. The second-order valence-electron chi connectivity index (χ2n) is 6.42. The van der Waals surface area contributed by atoms with Crippen LogP contribution in [0, 0.1) is 5.82 Å². The molecule has 3 nitrogen and oxygen atoms in total. The number of aromatic hydroxyl groups is 1. The van der Waals surface area contributed by atoms with Crippen molar-refractivity contribution in [3.05, 3.63) is 89.3 Å². The van der Waals surface area contributed by atoms with E-state index in [2.05, 4.69) is 6.58 Å². The highest BCUT2D eigenvalue weighted by Crippen LogP contribution is 2.27. The van der Waals surface area contributed by atoms with E-state index in [1.165, 1.54) is 12.1 Å². The zero-order valence-electron chi connectivity index (χ0n) is 15.4. The summed E-state index contributed by atoms with van der Waals surface area (Å²) in [7, 11) is 0. The molecule has 0 aliphatic carbocycles. The van der Waals surface area contributed by atoms with Gasteiger partial charge in [0.15, 0.2) is 11.6 Å². The second-order valence-corrected chi connectivity index (χ2v) is 6.42. The molecule has 0 radical (unpaired) electrons. The zero-order valence-corrected chi connectivity index (χ0v) is 15.4. The maximum absolute atomic E-state index is 13.7. The number of rotatable bonds is 8. The van der Waals surface area contributed by atoms with Crippen LogP contribution in [0.25, 0.3) is 11.6 Å². The van der Waals surface area contributed by atoms with Crippen molar-refractivity contribution in [2.45, 2.75) is 25.9 Å². The lowest BCUT2D eigenvalue weighted by atomic mass is 9.93. The molecule has 2 aromatic carbocycles. The highest BCUT2D eigenvalue weighted by molar-refractivity contribution is 5.81. The first-order valence-corrected chi connectivity index (χ1v) is 8.81. The van der Waals surface area contributed by atoms with E-state index in [1.54, 1.807) is 19.1 Å². The van der Waals surface area contributed by atoms with E-state index in [9.17, 15) is 14.6 Å². The Morgan fingerprint density at radius 2 is 1.89 bits per heavy atom. The lowest BCUT2D eigenvalue weighted by molar-refractivity contribution is 0.203. The average Bonchev–Trinajstić information content (AvgIpc) is 2.66. The minimum atomic E-state index is -0.752. The topological polar surface area (TPSA) is 60.7 Å². The molecule has 0 aliphatic heterocycles. The Balaban J connectivity index is 2.29. The van der Waals surface area contributed by atoms with Crippen LogP contribution in [0.5, 0.6) is 5.75 Å². The van der Waals surface area contributed by atoms with Crippen LogP contribution in [-0.4, -0.2) is 28.0 Å². The van der Waals surface area contributed by atoms with Crippen LogP contribution in [0.3, 0.4) is 0 Å². The molecular weight excluding hydrogens is 343 g/mol. The van der Waals surface area contributed by atoms with Crippen molar-refractivity contribution < 1.29 is 19.7 Å². The van der Waals surface area contributed by atoms with Gasteiger partial charge in [0.25, 0.3) is 0 Å². The van der Waals surface area contributed by atoms with Gasteiger partial charge in [0.2, 0.25) is 0 Å². The van der Waals surface area contributed by atoms with Crippen molar-refractivity contribution in [1.29, 1.82) is 0 Å². The van der Waals surface area contributed by atoms with Crippen LogP contribution in [0.4, 0.5) is 4.39 Å². The first-order valence-electron chi connectivity index (χ1n) is 8.81. The van der Waals surface area contributed by atoms with Crippen LogP contribution >= 0.6 is 0 Å². The Morgan fingerprint density at radius 1 is 1.19 bits per heavy atom. The number of allylic oxidation sites excluding steroid dienone is 1. The molecule has 0 aliphatic rings. The Morgan fingerprint density at radius 3 is 2.48 bits per heavy atom. The number of halogens is 1. The van der Waals surface area contributed by atoms with E-state index in [0.29, 0.717) is 29.6 Å². The fraction of sp³-hybridized carbons (Fsp3) is 0.217. The summed E-state index contributed by atoms with van der Waals surface area (Å²) < 4.78 is 13.7. The number of phenols is 1. The van der Waals surface area contributed by atoms with Gasteiger partial charge in [-0.15, -0.1) is 0 Å². The van der Waals surface area contributed by atoms with Gasteiger partial charge in [-0.2, -0.15) is 0 Å². The summed E-state index contributed by atoms with van der Waals surface area (Å²) in [5, 5.41) is 29.0.